The molecule has 1 aromatic rings. The Labute approximate surface area is 112 Å². The maximum Gasteiger partial charge on any atom is 0.254 e. The molecule has 4 heteroatoms. The van der Waals surface area contributed by atoms with Crippen LogP contribution in [0.3, 0.4) is 0 Å². The molecule has 1 unspecified atom stereocenters. The molecule has 0 saturated heterocycles. The van der Waals surface area contributed by atoms with Gasteiger partial charge in [-0.15, -0.1) is 11.3 Å². The summed E-state index contributed by atoms with van der Waals surface area (Å²) in [7, 11) is 1.81. The molecule has 1 aliphatic rings. The number of hydrogen-bond acceptors (Lipinski definition) is 3. The summed E-state index contributed by atoms with van der Waals surface area (Å²) in [6, 6.07) is 0. The highest BCUT2D eigenvalue weighted by Crippen LogP contribution is 2.33. The van der Waals surface area contributed by atoms with Crippen LogP contribution in [-0.2, 0) is 12.8 Å². The molecule has 1 N–H and O–H groups in total. The Morgan fingerprint density at radius 3 is 3.11 bits per heavy atom. The number of aliphatic hydroxyl groups is 1. The third-order valence-corrected chi connectivity index (χ3v) is 4.68. The van der Waals surface area contributed by atoms with Crippen LogP contribution in [0.1, 0.15) is 40.6 Å². The quantitative estimate of drug-likeness (QED) is 0.909. The highest BCUT2D eigenvalue weighted by atomic mass is 32.1. The summed E-state index contributed by atoms with van der Waals surface area (Å²) in [4.78, 5) is 15.4. The summed E-state index contributed by atoms with van der Waals surface area (Å²) in [6.45, 7) is 3.03. The van der Waals surface area contributed by atoms with Crippen molar-refractivity contribution in [2.75, 3.05) is 20.2 Å². The first kappa shape index (κ1) is 13.6. The summed E-state index contributed by atoms with van der Waals surface area (Å²) >= 11 is 1.73. The SMILES string of the molecule is CC1CCc2c(C(=O)N(C)CCCO)csc2C1. The molecule has 1 atom stereocenters. The Bertz CT molecular complexity index is 427. The molecule has 3 nitrogen and oxygen atoms in total. The highest BCUT2D eigenvalue weighted by Gasteiger charge is 2.24. The number of aliphatic hydroxyl groups excluding tert-OH is 1. The van der Waals surface area contributed by atoms with E-state index >= 15 is 0 Å². The lowest BCUT2D eigenvalue weighted by molar-refractivity contribution is 0.0785. The molecular weight excluding hydrogens is 246 g/mol. The van der Waals surface area contributed by atoms with Crippen molar-refractivity contribution in [1.29, 1.82) is 0 Å². The van der Waals surface area contributed by atoms with Gasteiger partial charge in [0, 0.05) is 30.5 Å². The van der Waals surface area contributed by atoms with Gasteiger partial charge in [0.1, 0.15) is 0 Å². The molecule has 0 fully saturated rings. The third-order valence-electron chi connectivity index (χ3n) is 3.63. The number of rotatable bonds is 4. The number of fused-ring (bicyclic) bond motifs is 1. The van der Waals surface area contributed by atoms with E-state index in [-0.39, 0.29) is 12.5 Å². The predicted molar refractivity (Wildman–Crippen MR) is 74.2 cm³/mol. The van der Waals surface area contributed by atoms with Gasteiger partial charge in [-0.3, -0.25) is 4.79 Å². The Morgan fingerprint density at radius 2 is 2.39 bits per heavy atom. The monoisotopic (exact) mass is 267 g/mol. The molecule has 0 aromatic carbocycles. The van der Waals surface area contributed by atoms with E-state index in [9.17, 15) is 4.79 Å². The first-order chi connectivity index (χ1) is 8.63. The molecule has 0 saturated carbocycles. The zero-order chi connectivity index (χ0) is 13.1. The first-order valence-electron chi connectivity index (χ1n) is 6.59. The van der Waals surface area contributed by atoms with E-state index < -0.39 is 0 Å². The van der Waals surface area contributed by atoms with E-state index in [2.05, 4.69) is 6.92 Å². The Hall–Kier alpha value is -0.870. The maximum atomic E-state index is 12.3. The number of thiophene rings is 1. The second kappa shape index (κ2) is 5.85. The van der Waals surface area contributed by atoms with Crippen molar-refractivity contribution in [3.63, 3.8) is 0 Å². The van der Waals surface area contributed by atoms with Gasteiger partial charge in [-0.05, 0) is 37.2 Å². The molecule has 1 amide bonds. The van der Waals surface area contributed by atoms with Gasteiger partial charge in [0.05, 0.1) is 5.56 Å². The van der Waals surface area contributed by atoms with Crippen LogP contribution in [0.2, 0.25) is 0 Å². The van der Waals surface area contributed by atoms with Crippen LogP contribution >= 0.6 is 11.3 Å². The largest absolute Gasteiger partial charge is 0.396 e. The minimum absolute atomic E-state index is 0.107. The van der Waals surface area contributed by atoms with Crippen LogP contribution in [0.25, 0.3) is 0 Å². The number of carbonyl (C=O) groups excluding carboxylic acids is 1. The van der Waals surface area contributed by atoms with Crippen LogP contribution in [0.5, 0.6) is 0 Å². The topological polar surface area (TPSA) is 40.5 Å². The second-order valence-electron chi connectivity index (χ2n) is 5.20. The van der Waals surface area contributed by atoms with Crippen LogP contribution < -0.4 is 0 Å². The minimum atomic E-state index is 0.107. The Morgan fingerprint density at radius 1 is 1.61 bits per heavy atom. The van der Waals surface area contributed by atoms with Crippen molar-refractivity contribution in [1.82, 2.24) is 4.90 Å². The average molecular weight is 267 g/mol. The van der Waals surface area contributed by atoms with E-state index in [1.54, 1.807) is 16.2 Å². The van der Waals surface area contributed by atoms with E-state index in [0.717, 1.165) is 24.3 Å². The fourth-order valence-corrected chi connectivity index (χ4v) is 3.71. The van der Waals surface area contributed by atoms with Crippen LogP contribution in [-0.4, -0.2) is 36.1 Å². The molecule has 0 aliphatic heterocycles. The molecule has 2 rings (SSSR count). The smallest absolute Gasteiger partial charge is 0.254 e. The van der Waals surface area contributed by atoms with Gasteiger partial charge in [0.15, 0.2) is 0 Å². The number of amides is 1. The second-order valence-corrected chi connectivity index (χ2v) is 6.17. The summed E-state index contributed by atoms with van der Waals surface area (Å²) in [5.74, 6) is 0.849. The zero-order valence-electron chi connectivity index (χ0n) is 11.1. The van der Waals surface area contributed by atoms with Gasteiger partial charge in [0.25, 0.3) is 5.91 Å². The standard InChI is InChI=1S/C14H21NO2S/c1-10-4-5-11-12(9-18-13(11)8-10)14(17)15(2)6-3-7-16/h9-10,16H,3-8H2,1-2H3. The molecule has 1 aliphatic carbocycles. The lowest BCUT2D eigenvalue weighted by Gasteiger charge is -2.21. The molecule has 0 radical (unpaired) electrons. The molecular formula is C14H21NO2S. The Kier molecular flexibility index (Phi) is 4.40. The summed E-state index contributed by atoms with van der Waals surface area (Å²) in [5, 5.41) is 10.8. The van der Waals surface area contributed by atoms with Crippen LogP contribution in [0.4, 0.5) is 0 Å². The fraction of sp³-hybridized carbons (Fsp3) is 0.643. The van der Waals surface area contributed by atoms with Gasteiger partial charge in [-0.25, -0.2) is 0 Å². The minimum Gasteiger partial charge on any atom is -0.396 e. The van der Waals surface area contributed by atoms with Crippen LogP contribution in [0, 0.1) is 5.92 Å². The maximum absolute atomic E-state index is 12.3. The molecule has 100 valence electrons. The molecule has 1 aromatic heterocycles. The molecule has 0 bridgehead atoms. The van der Waals surface area contributed by atoms with E-state index in [1.165, 1.54) is 16.9 Å². The predicted octanol–water partition coefficient (Wildman–Crippen LogP) is 2.33. The van der Waals surface area contributed by atoms with Gasteiger partial charge >= 0.3 is 0 Å². The van der Waals surface area contributed by atoms with E-state index in [4.69, 9.17) is 5.11 Å². The molecule has 1 heterocycles. The van der Waals surface area contributed by atoms with Crippen LogP contribution in [0.15, 0.2) is 5.38 Å². The van der Waals surface area contributed by atoms with Crippen molar-refractivity contribution < 1.29 is 9.90 Å². The lowest BCUT2D eigenvalue weighted by Crippen LogP contribution is -2.29. The Balaban J connectivity index is 2.12. The summed E-state index contributed by atoms with van der Waals surface area (Å²) < 4.78 is 0. The highest BCUT2D eigenvalue weighted by molar-refractivity contribution is 7.10. The first-order valence-corrected chi connectivity index (χ1v) is 7.47. The number of nitrogens with zero attached hydrogens (tertiary/aromatic N) is 1. The lowest BCUT2D eigenvalue weighted by atomic mass is 9.88. The van der Waals surface area contributed by atoms with Crippen molar-refractivity contribution in [2.45, 2.75) is 32.6 Å². The normalized spacial score (nSPS) is 18.5. The van der Waals surface area contributed by atoms with Crippen molar-refractivity contribution in [3.8, 4) is 0 Å². The zero-order valence-corrected chi connectivity index (χ0v) is 11.9. The fourth-order valence-electron chi connectivity index (χ4n) is 2.47. The van der Waals surface area contributed by atoms with Crippen molar-refractivity contribution in [2.24, 2.45) is 5.92 Å². The van der Waals surface area contributed by atoms with Crippen molar-refractivity contribution >= 4 is 17.2 Å². The van der Waals surface area contributed by atoms with Gasteiger partial charge < -0.3 is 10.0 Å². The average Bonchev–Trinajstić information content (AvgIpc) is 2.77. The third kappa shape index (κ3) is 2.75. The molecule has 18 heavy (non-hydrogen) atoms. The summed E-state index contributed by atoms with van der Waals surface area (Å²) in [5.41, 5.74) is 2.17. The van der Waals surface area contributed by atoms with Gasteiger partial charge in [0.2, 0.25) is 0 Å². The van der Waals surface area contributed by atoms with Gasteiger partial charge in [-0.1, -0.05) is 6.92 Å². The number of carbonyl (C=O) groups is 1. The number of hydrogen-bond donors (Lipinski definition) is 1. The van der Waals surface area contributed by atoms with E-state index in [1.807, 2.05) is 12.4 Å². The van der Waals surface area contributed by atoms with E-state index in [0.29, 0.717) is 13.0 Å². The van der Waals surface area contributed by atoms with Crippen molar-refractivity contribution in [3.05, 3.63) is 21.4 Å². The summed E-state index contributed by atoms with van der Waals surface area (Å²) in [6.07, 6.45) is 3.98. The molecule has 0 spiro atoms. The van der Waals surface area contributed by atoms with Gasteiger partial charge in [-0.2, -0.15) is 0 Å².